The van der Waals surface area contributed by atoms with Gasteiger partial charge in [-0.25, -0.2) is 4.98 Å². The van der Waals surface area contributed by atoms with E-state index < -0.39 is 0 Å². The van der Waals surface area contributed by atoms with Crippen LogP contribution in [0.2, 0.25) is 0 Å². The summed E-state index contributed by atoms with van der Waals surface area (Å²) in [5, 5.41) is 2.84. The second-order valence-corrected chi connectivity index (χ2v) is 5.99. The number of aryl methyl sites for hydroxylation is 1. The highest BCUT2D eigenvalue weighted by Gasteiger charge is 2.11. The SMILES string of the molecule is COCCCNC(=O)c1ccc(-c2nc3ccccc3n(C)c2=O)cc1. The average molecular weight is 351 g/mol. The number of carbonyl (C=O) groups excluding carboxylic acids is 1. The molecule has 0 fully saturated rings. The van der Waals surface area contributed by atoms with Crippen molar-refractivity contribution in [1.29, 1.82) is 0 Å². The van der Waals surface area contributed by atoms with Crippen molar-refractivity contribution in [3.63, 3.8) is 0 Å². The zero-order valence-electron chi connectivity index (χ0n) is 14.9. The summed E-state index contributed by atoms with van der Waals surface area (Å²) in [5.74, 6) is -0.146. The zero-order chi connectivity index (χ0) is 18.5. The van der Waals surface area contributed by atoms with Crippen molar-refractivity contribution in [3.05, 3.63) is 64.4 Å². The van der Waals surface area contributed by atoms with Crippen LogP contribution in [0.15, 0.2) is 53.3 Å². The second-order valence-electron chi connectivity index (χ2n) is 5.99. The molecule has 1 N–H and O–H groups in total. The van der Waals surface area contributed by atoms with Gasteiger partial charge in [0.1, 0.15) is 5.69 Å². The first-order valence-corrected chi connectivity index (χ1v) is 8.45. The summed E-state index contributed by atoms with van der Waals surface area (Å²) in [4.78, 5) is 29.2. The number of hydrogen-bond acceptors (Lipinski definition) is 4. The summed E-state index contributed by atoms with van der Waals surface area (Å²) in [6, 6.07) is 14.4. The Hall–Kier alpha value is -2.99. The van der Waals surface area contributed by atoms with Gasteiger partial charge in [-0.1, -0.05) is 24.3 Å². The summed E-state index contributed by atoms with van der Waals surface area (Å²) in [6.07, 6.45) is 0.761. The minimum atomic E-state index is -0.166. The van der Waals surface area contributed by atoms with Crippen LogP contribution in [0.3, 0.4) is 0 Å². The fourth-order valence-corrected chi connectivity index (χ4v) is 2.77. The molecule has 0 saturated carbocycles. The van der Waals surface area contributed by atoms with E-state index in [1.807, 2.05) is 24.3 Å². The summed E-state index contributed by atoms with van der Waals surface area (Å²) >= 11 is 0. The van der Waals surface area contributed by atoms with E-state index in [1.165, 1.54) is 0 Å². The fourth-order valence-electron chi connectivity index (χ4n) is 2.77. The molecule has 26 heavy (non-hydrogen) atoms. The lowest BCUT2D eigenvalue weighted by atomic mass is 10.1. The minimum absolute atomic E-state index is 0.146. The van der Waals surface area contributed by atoms with Gasteiger partial charge in [-0.15, -0.1) is 0 Å². The number of rotatable bonds is 6. The standard InChI is InChI=1S/C20H21N3O3/c1-23-17-7-4-3-6-16(17)22-18(20(23)25)14-8-10-15(11-9-14)19(24)21-12-5-13-26-2/h3-4,6-11H,5,12-13H2,1-2H3,(H,21,24). The number of amides is 1. The molecule has 0 bridgehead atoms. The molecule has 0 unspecified atom stereocenters. The Morgan fingerprint density at radius 3 is 2.62 bits per heavy atom. The zero-order valence-corrected chi connectivity index (χ0v) is 14.9. The number of aromatic nitrogens is 2. The van der Waals surface area contributed by atoms with Gasteiger partial charge in [0.05, 0.1) is 11.0 Å². The number of benzene rings is 2. The van der Waals surface area contributed by atoms with Crippen LogP contribution in [0, 0.1) is 0 Å². The van der Waals surface area contributed by atoms with Gasteiger partial charge in [0.25, 0.3) is 11.5 Å². The molecule has 0 aliphatic heterocycles. The molecular formula is C20H21N3O3. The molecule has 0 aliphatic rings. The Bertz CT molecular complexity index is 978. The summed E-state index contributed by atoms with van der Waals surface area (Å²) in [5.41, 5.74) is 2.98. The van der Waals surface area contributed by atoms with Crippen molar-refractivity contribution in [2.75, 3.05) is 20.3 Å². The van der Waals surface area contributed by atoms with Crippen LogP contribution in [-0.4, -0.2) is 35.7 Å². The smallest absolute Gasteiger partial charge is 0.277 e. The fraction of sp³-hybridized carbons (Fsp3) is 0.250. The van der Waals surface area contributed by atoms with Crippen LogP contribution in [0.25, 0.3) is 22.3 Å². The number of ether oxygens (including phenoxy) is 1. The van der Waals surface area contributed by atoms with E-state index in [1.54, 1.807) is 43.0 Å². The number of para-hydroxylation sites is 2. The van der Waals surface area contributed by atoms with E-state index in [9.17, 15) is 9.59 Å². The van der Waals surface area contributed by atoms with Crippen molar-refractivity contribution in [3.8, 4) is 11.3 Å². The molecule has 1 aromatic heterocycles. The van der Waals surface area contributed by atoms with Crippen molar-refractivity contribution in [2.24, 2.45) is 7.05 Å². The second kappa shape index (κ2) is 7.93. The third-order valence-electron chi connectivity index (χ3n) is 4.21. The van der Waals surface area contributed by atoms with E-state index in [0.717, 1.165) is 17.5 Å². The summed E-state index contributed by atoms with van der Waals surface area (Å²) in [7, 11) is 3.36. The molecule has 134 valence electrons. The third-order valence-corrected chi connectivity index (χ3v) is 4.21. The van der Waals surface area contributed by atoms with Crippen molar-refractivity contribution < 1.29 is 9.53 Å². The molecule has 3 rings (SSSR count). The number of hydrogen-bond donors (Lipinski definition) is 1. The molecule has 1 amide bonds. The third kappa shape index (κ3) is 3.65. The van der Waals surface area contributed by atoms with Crippen LogP contribution in [0.5, 0.6) is 0 Å². The first-order chi connectivity index (χ1) is 12.6. The summed E-state index contributed by atoms with van der Waals surface area (Å²) < 4.78 is 6.55. The van der Waals surface area contributed by atoms with Gasteiger partial charge in [-0.05, 0) is 30.7 Å². The van der Waals surface area contributed by atoms with Crippen LogP contribution in [0.1, 0.15) is 16.8 Å². The van der Waals surface area contributed by atoms with Gasteiger partial charge in [0.2, 0.25) is 0 Å². The average Bonchev–Trinajstić information content (AvgIpc) is 2.68. The molecule has 6 heteroatoms. The first-order valence-electron chi connectivity index (χ1n) is 8.45. The lowest BCUT2D eigenvalue weighted by Gasteiger charge is -2.09. The van der Waals surface area contributed by atoms with E-state index in [4.69, 9.17) is 4.74 Å². The molecule has 0 radical (unpaired) electrons. The van der Waals surface area contributed by atoms with Crippen molar-refractivity contribution >= 4 is 16.9 Å². The molecular weight excluding hydrogens is 330 g/mol. The predicted octanol–water partition coefficient (Wildman–Crippen LogP) is 2.37. The predicted molar refractivity (Wildman–Crippen MR) is 101 cm³/mol. The normalized spacial score (nSPS) is 10.8. The van der Waals surface area contributed by atoms with Crippen molar-refractivity contribution in [2.45, 2.75) is 6.42 Å². The Morgan fingerprint density at radius 2 is 1.88 bits per heavy atom. The van der Waals surface area contributed by atoms with Crippen LogP contribution < -0.4 is 10.9 Å². The van der Waals surface area contributed by atoms with Gasteiger partial charge in [0, 0.05) is 38.4 Å². The number of nitrogens with one attached hydrogen (secondary N) is 1. The van der Waals surface area contributed by atoms with E-state index in [-0.39, 0.29) is 11.5 Å². The highest BCUT2D eigenvalue weighted by molar-refractivity contribution is 5.94. The topological polar surface area (TPSA) is 73.2 Å². The Kier molecular flexibility index (Phi) is 5.43. The lowest BCUT2D eigenvalue weighted by molar-refractivity contribution is 0.0948. The Balaban J connectivity index is 1.85. The van der Waals surface area contributed by atoms with Gasteiger partial charge >= 0.3 is 0 Å². The molecule has 6 nitrogen and oxygen atoms in total. The molecule has 0 saturated heterocycles. The molecule has 0 spiro atoms. The Morgan fingerprint density at radius 1 is 1.15 bits per heavy atom. The number of nitrogens with zero attached hydrogens (tertiary/aromatic N) is 2. The largest absolute Gasteiger partial charge is 0.385 e. The maximum absolute atomic E-state index is 12.6. The highest BCUT2D eigenvalue weighted by Crippen LogP contribution is 2.17. The van der Waals surface area contributed by atoms with Crippen LogP contribution in [0.4, 0.5) is 0 Å². The number of fused-ring (bicyclic) bond motifs is 1. The minimum Gasteiger partial charge on any atom is -0.385 e. The van der Waals surface area contributed by atoms with Crippen molar-refractivity contribution in [1.82, 2.24) is 14.9 Å². The molecule has 0 aliphatic carbocycles. The highest BCUT2D eigenvalue weighted by atomic mass is 16.5. The van der Waals surface area contributed by atoms with E-state index in [2.05, 4.69) is 10.3 Å². The van der Waals surface area contributed by atoms with E-state index >= 15 is 0 Å². The maximum atomic E-state index is 12.6. The Labute approximate surface area is 151 Å². The number of methoxy groups -OCH3 is 1. The van der Waals surface area contributed by atoms with E-state index in [0.29, 0.717) is 30.0 Å². The van der Waals surface area contributed by atoms with Gasteiger partial charge in [0.15, 0.2) is 0 Å². The van der Waals surface area contributed by atoms with Gasteiger partial charge in [-0.3, -0.25) is 9.59 Å². The number of carbonyl (C=O) groups is 1. The summed E-state index contributed by atoms with van der Waals surface area (Å²) in [6.45, 7) is 1.16. The molecule has 2 aromatic carbocycles. The molecule has 3 aromatic rings. The first kappa shape index (κ1) is 17.8. The maximum Gasteiger partial charge on any atom is 0.277 e. The van der Waals surface area contributed by atoms with Gasteiger partial charge < -0.3 is 14.6 Å². The van der Waals surface area contributed by atoms with Crippen LogP contribution >= 0.6 is 0 Å². The van der Waals surface area contributed by atoms with Gasteiger partial charge in [-0.2, -0.15) is 0 Å². The van der Waals surface area contributed by atoms with Crippen LogP contribution in [-0.2, 0) is 11.8 Å². The lowest BCUT2D eigenvalue weighted by Crippen LogP contribution is -2.25. The molecule has 0 atom stereocenters. The monoisotopic (exact) mass is 351 g/mol. The quantitative estimate of drug-likeness (QED) is 0.692. The molecule has 1 heterocycles.